The maximum Gasteiger partial charge on any atom is 0.317 e. The number of alkyl halides is 1. The number of carboxylic acids is 1. The number of halogens is 3. The standard InChI is InChI=1S/C35H36F3N5O4/c1-2-22-25(37)5-4-19-10-21(44)11-23(26(19)22)28-27(38)29-24(15-39-28)30(31-35(32(45)46)8-6-18(12-35)14-40-31)42-33(41-29)47-17-34-7-3-9-43(34)16-20(36)13-34/h4-5,10-11,15,18,20,31,40,44H,2-3,6-9,12-14,16-17H2,1H3,(H,45,46)/t18?,20-,31?,34+,35?/m1/s1. The number of phenols is 1. The molecule has 4 aromatic rings. The average Bonchev–Trinajstić information content (AvgIpc) is 3.70. The van der Waals surface area contributed by atoms with Crippen LogP contribution in [-0.2, 0) is 11.2 Å². The maximum absolute atomic E-state index is 16.9. The van der Waals surface area contributed by atoms with E-state index in [0.29, 0.717) is 55.1 Å². The van der Waals surface area contributed by atoms with E-state index in [1.54, 1.807) is 6.92 Å². The molecule has 1 saturated carbocycles. The van der Waals surface area contributed by atoms with Crippen LogP contribution in [0.1, 0.15) is 62.7 Å². The molecule has 12 heteroatoms. The van der Waals surface area contributed by atoms with Crippen molar-refractivity contribution < 1.29 is 32.9 Å². The van der Waals surface area contributed by atoms with Gasteiger partial charge in [-0.2, -0.15) is 9.97 Å². The van der Waals surface area contributed by atoms with Crippen LogP contribution < -0.4 is 10.1 Å². The van der Waals surface area contributed by atoms with E-state index in [-0.39, 0.29) is 52.1 Å². The molecule has 5 atom stereocenters. The highest BCUT2D eigenvalue weighted by molar-refractivity contribution is 6.01. The Labute approximate surface area is 269 Å². The highest BCUT2D eigenvalue weighted by Gasteiger charge is 2.55. The minimum absolute atomic E-state index is 0.110. The van der Waals surface area contributed by atoms with Gasteiger partial charge in [0.15, 0.2) is 5.82 Å². The number of nitrogens with zero attached hydrogens (tertiary/aromatic N) is 4. The number of benzene rings is 2. The van der Waals surface area contributed by atoms with E-state index in [9.17, 15) is 23.8 Å². The van der Waals surface area contributed by atoms with E-state index >= 15 is 4.39 Å². The van der Waals surface area contributed by atoms with Crippen molar-refractivity contribution in [2.45, 2.75) is 69.6 Å². The zero-order valence-electron chi connectivity index (χ0n) is 26.0. The Kier molecular flexibility index (Phi) is 7.10. The summed E-state index contributed by atoms with van der Waals surface area (Å²) in [6.45, 7) is 3.60. The number of aryl methyl sites for hydroxylation is 1. The zero-order chi connectivity index (χ0) is 32.7. The summed E-state index contributed by atoms with van der Waals surface area (Å²) in [6.07, 6.45) is 4.43. The summed E-state index contributed by atoms with van der Waals surface area (Å²) >= 11 is 0. The third-order valence-corrected chi connectivity index (χ3v) is 11.2. The Hall–Kier alpha value is -4.03. The van der Waals surface area contributed by atoms with Crippen molar-refractivity contribution in [3.05, 3.63) is 53.4 Å². The van der Waals surface area contributed by atoms with Crippen molar-refractivity contribution >= 4 is 27.6 Å². The van der Waals surface area contributed by atoms with Gasteiger partial charge >= 0.3 is 12.0 Å². The largest absolute Gasteiger partial charge is 0.508 e. The predicted molar refractivity (Wildman–Crippen MR) is 168 cm³/mol. The summed E-state index contributed by atoms with van der Waals surface area (Å²) < 4.78 is 52.7. The summed E-state index contributed by atoms with van der Waals surface area (Å²) in [4.78, 5) is 28.7. The lowest BCUT2D eigenvalue weighted by Crippen LogP contribution is -2.47. The number of phenolic OH excluding ortho intramolecular Hbond substituents is 1. The first kappa shape index (κ1) is 30.3. The molecular weight excluding hydrogens is 611 g/mol. The molecule has 4 aliphatic rings. The van der Waals surface area contributed by atoms with Gasteiger partial charge in [-0.15, -0.1) is 0 Å². The molecular formula is C35H36F3N5O4. The second-order valence-corrected chi connectivity index (χ2v) is 13.8. The van der Waals surface area contributed by atoms with Gasteiger partial charge in [0.2, 0.25) is 0 Å². The Balaban J connectivity index is 1.31. The van der Waals surface area contributed by atoms with Gasteiger partial charge in [0.1, 0.15) is 35.6 Å². The van der Waals surface area contributed by atoms with Crippen LogP contribution in [-0.4, -0.2) is 74.0 Å². The van der Waals surface area contributed by atoms with Crippen LogP contribution >= 0.6 is 0 Å². The lowest BCUT2D eigenvalue weighted by molar-refractivity contribution is -0.152. The molecule has 2 aromatic carbocycles. The van der Waals surface area contributed by atoms with Crippen molar-refractivity contribution in [3.63, 3.8) is 0 Å². The number of pyridine rings is 1. The highest BCUT2D eigenvalue weighted by atomic mass is 19.1. The average molecular weight is 648 g/mol. The number of carbonyl (C=O) groups is 1. The number of nitrogens with one attached hydrogen (secondary N) is 1. The minimum atomic E-state index is -1.15. The van der Waals surface area contributed by atoms with Crippen molar-refractivity contribution in [2.24, 2.45) is 11.3 Å². The van der Waals surface area contributed by atoms with Crippen LogP contribution in [0.3, 0.4) is 0 Å². The van der Waals surface area contributed by atoms with Crippen LogP contribution in [0.15, 0.2) is 30.5 Å². The number of hydrogen-bond donors (Lipinski definition) is 3. The normalized spacial score (nSPS) is 28.7. The first-order valence-electron chi connectivity index (χ1n) is 16.4. The van der Waals surface area contributed by atoms with Crippen molar-refractivity contribution in [1.82, 2.24) is 25.2 Å². The Bertz CT molecular complexity index is 1940. The lowest BCUT2D eigenvalue weighted by Gasteiger charge is -2.38. The summed E-state index contributed by atoms with van der Waals surface area (Å²) in [5.74, 6) is -2.15. The molecule has 2 aromatic heterocycles. The van der Waals surface area contributed by atoms with Crippen LogP contribution in [0, 0.1) is 23.0 Å². The summed E-state index contributed by atoms with van der Waals surface area (Å²) in [5.41, 5.74) is -1.09. The number of hydrogen-bond acceptors (Lipinski definition) is 8. The molecule has 0 spiro atoms. The fourth-order valence-electron chi connectivity index (χ4n) is 8.98. The molecule has 5 heterocycles. The SMILES string of the molecule is CCc1c(F)ccc2cc(O)cc(-c3ncc4c(C5NCC6CCC5(C(=O)O)C6)nc(OC[C@@]56CCCN5C[C@H](F)C6)nc4c3F)c12. The smallest absolute Gasteiger partial charge is 0.317 e. The number of rotatable bonds is 7. The van der Waals surface area contributed by atoms with E-state index in [1.165, 1.54) is 30.5 Å². The van der Waals surface area contributed by atoms with Gasteiger partial charge < -0.3 is 20.3 Å². The van der Waals surface area contributed by atoms with Gasteiger partial charge in [0, 0.05) is 30.1 Å². The number of aromatic nitrogens is 3. The maximum atomic E-state index is 16.9. The van der Waals surface area contributed by atoms with Gasteiger partial charge in [0.25, 0.3) is 0 Å². The number of fused-ring (bicyclic) bond motifs is 5. The number of aromatic hydroxyl groups is 1. The fraction of sp³-hybridized carbons (Fsp3) is 0.486. The molecule has 0 amide bonds. The van der Waals surface area contributed by atoms with Crippen LogP contribution in [0.2, 0.25) is 0 Å². The van der Waals surface area contributed by atoms with Crippen LogP contribution in [0.5, 0.6) is 11.8 Å². The van der Waals surface area contributed by atoms with Crippen molar-refractivity contribution in [3.8, 4) is 23.0 Å². The van der Waals surface area contributed by atoms with Gasteiger partial charge in [-0.1, -0.05) is 13.0 Å². The zero-order valence-corrected chi connectivity index (χ0v) is 26.0. The van der Waals surface area contributed by atoms with E-state index in [0.717, 1.165) is 25.8 Å². The first-order chi connectivity index (χ1) is 22.6. The lowest BCUT2D eigenvalue weighted by atomic mass is 9.73. The van der Waals surface area contributed by atoms with E-state index < -0.39 is 40.8 Å². The number of piperidine rings is 1. The van der Waals surface area contributed by atoms with Crippen molar-refractivity contribution in [1.29, 1.82) is 0 Å². The molecule has 3 saturated heterocycles. The number of aliphatic carboxylic acids is 1. The molecule has 47 heavy (non-hydrogen) atoms. The molecule has 246 valence electrons. The third kappa shape index (κ3) is 4.66. The summed E-state index contributed by atoms with van der Waals surface area (Å²) in [6, 6.07) is 4.82. The monoisotopic (exact) mass is 647 g/mol. The highest BCUT2D eigenvalue weighted by Crippen LogP contribution is 2.54. The van der Waals surface area contributed by atoms with Crippen molar-refractivity contribution in [2.75, 3.05) is 26.2 Å². The molecule has 3 aliphatic heterocycles. The second kappa shape index (κ2) is 11.0. The van der Waals surface area contributed by atoms with E-state index in [4.69, 9.17) is 9.72 Å². The third-order valence-electron chi connectivity index (χ3n) is 11.2. The quantitative estimate of drug-likeness (QED) is 0.227. The van der Waals surface area contributed by atoms with Gasteiger partial charge in [0.05, 0.1) is 22.7 Å². The minimum Gasteiger partial charge on any atom is -0.508 e. The van der Waals surface area contributed by atoms with Crippen LogP contribution in [0.4, 0.5) is 13.2 Å². The number of carboxylic acid groups (broad SMARTS) is 1. The molecule has 8 rings (SSSR count). The molecule has 4 fully saturated rings. The molecule has 3 unspecified atom stereocenters. The predicted octanol–water partition coefficient (Wildman–Crippen LogP) is 5.86. The van der Waals surface area contributed by atoms with Crippen LogP contribution in [0.25, 0.3) is 32.9 Å². The molecule has 0 radical (unpaired) electrons. The summed E-state index contributed by atoms with van der Waals surface area (Å²) in [5, 5.41) is 25.7. The topological polar surface area (TPSA) is 121 Å². The van der Waals surface area contributed by atoms with E-state index in [2.05, 4.69) is 20.2 Å². The second-order valence-electron chi connectivity index (χ2n) is 13.8. The van der Waals surface area contributed by atoms with Gasteiger partial charge in [-0.05, 0) is 92.1 Å². The Morgan fingerprint density at radius 2 is 2.04 bits per heavy atom. The molecule has 2 bridgehead atoms. The van der Waals surface area contributed by atoms with Gasteiger partial charge in [-0.3, -0.25) is 14.7 Å². The Morgan fingerprint density at radius 3 is 2.85 bits per heavy atom. The summed E-state index contributed by atoms with van der Waals surface area (Å²) in [7, 11) is 0. The number of ether oxygens (including phenoxy) is 1. The molecule has 3 N–H and O–H groups in total. The molecule has 9 nitrogen and oxygen atoms in total. The van der Waals surface area contributed by atoms with E-state index in [1.807, 2.05) is 0 Å². The first-order valence-corrected chi connectivity index (χ1v) is 16.4. The fourth-order valence-corrected chi connectivity index (χ4v) is 8.98. The van der Waals surface area contributed by atoms with Gasteiger partial charge in [-0.25, -0.2) is 13.2 Å². The molecule has 1 aliphatic carbocycles. The Morgan fingerprint density at radius 1 is 1.19 bits per heavy atom.